The quantitative estimate of drug-likeness (QED) is 0.0918. The molecule has 0 heterocycles. The Kier molecular flexibility index (Phi) is 25.2. The highest BCUT2D eigenvalue weighted by Crippen LogP contribution is 2.43. The van der Waals surface area contributed by atoms with E-state index in [1.165, 1.54) is 103 Å². The molecule has 0 saturated heterocycles. The highest BCUT2D eigenvalue weighted by molar-refractivity contribution is 7.47. The summed E-state index contributed by atoms with van der Waals surface area (Å²) in [4.78, 5) is 12.4. The minimum Gasteiger partial charge on any atom is -0.303 e. The number of phosphoric ester groups is 1. The van der Waals surface area contributed by atoms with Crippen LogP contribution >= 0.6 is 7.82 Å². The predicted molar refractivity (Wildman–Crippen MR) is 143 cm³/mol. The van der Waals surface area contributed by atoms with Gasteiger partial charge in [0.1, 0.15) is 0 Å². The summed E-state index contributed by atoms with van der Waals surface area (Å²) < 4.78 is 22.5. The molecular weight excluding hydrogens is 433 g/mol. The van der Waals surface area contributed by atoms with Crippen LogP contribution in [0.1, 0.15) is 143 Å². The fraction of sp³-hybridized carbons (Fsp3) is 1.00. The van der Waals surface area contributed by atoms with Crippen molar-refractivity contribution in [3.05, 3.63) is 0 Å². The molecule has 1 unspecified atom stereocenters. The Labute approximate surface area is 207 Å². The van der Waals surface area contributed by atoms with Crippen molar-refractivity contribution in [2.45, 2.75) is 143 Å². The van der Waals surface area contributed by atoms with E-state index in [0.29, 0.717) is 6.61 Å². The third-order valence-electron chi connectivity index (χ3n) is 6.28. The molecule has 1 atom stereocenters. The number of nitrogens with zero attached hydrogens (tertiary/aromatic N) is 1. The van der Waals surface area contributed by atoms with Crippen molar-refractivity contribution in [1.29, 1.82) is 0 Å². The average molecular weight is 492 g/mol. The van der Waals surface area contributed by atoms with E-state index in [4.69, 9.17) is 9.05 Å². The Bertz CT molecular complexity index is 420. The number of rotatable bonds is 27. The molecule has 0 rings (SSSR count). The zero-order valence-corrected chi connectivity index (χ0v) is 23.4. The molecule has 0 fully saturated rings. The number of hydrogen-bond donors (Lipinski definition) is 1. The van der Waals surface area contributed by atoms with Crippen LogP contribution in [0.25, 0.3) is 0 Å². The van der Waals surface area contributed by atoms with Gasteiger partial charge in [-0.1, -0.05) is 117 Å². The van der Waals surface area contributed by atoms with Crippen LogP contribution in [0, 0.1) is 0 Å². The van der Waals surface area contributed by atoms with Gasteiger partial charge in [-0.15, -0.1) is 0 Å². The third-order valence-corrected chi connectivity index (χ3v) is 7.30. The fourth-order valence-corrected chi connectivity index (χ4v) is 4.93. The van der Waals surface area contributed by atoms with Gasteiger partial charge >= 0.3 is 7.82 Å². The molecule has 5 nitrogen and oxygen atoms in total. The summed E-state index contributed by atoms with van der Waals surface area (Å²) in [6.45, 7) is 10.5. The van der Waals surface area contributed by atoms with Gasteiger partial charge in [0.25, 0.3) is 0 Å². The van der Waals surface area contributed by atoms with Crippen LogP contribution in [0.5, 0.6) is 0 Å². The Hall–Kier alpha value is 0.0700. The lowest BCUT2D eigenvalue weighted by atomic mass is 10.1. The molecule has 0 radical (unpaired) electrons. The Morgan fingerprint density at radius 1 is 0.515 bits per heavy atom. The molecule has 0 aliphatic heterocycles. The van der Waals surface area contributed by atoms with Crippen molar-refractivity contribution in [2.24, 2.45) is 0 Å². The van der Waals surface area contributed by atoms with Gasteiger partial charge in [0.05, 0.1) is 13.2 Å². The molecule has 0 amide bonds. The second-order valence-corrected chi connectivity index (χ2v) is 11.1. The molecule has 6 heteroatoms. The summed E-state index contributed by atoms with van der Waals surface area (Å²) in [7, 11) is -3.91. The van der Waals surface area contributed by atoms with Gasteiger partial charge in [0.2, 0.25) is 0 Å². The molecule has 0 aromatic carbocycles. The molecule has 200 valence electrons. The normalized spacial score (nSPS) is 13.6. The van der Waals surface area contributed by atoms with E-state index in [1.807, 2.05) is 0 Å². The van der Waals surface area contributed by atoms with Gasteiger partial charge in [-0.25, -0.2) is 4.57 Å². The Balaban J connectivity index is 4.03. The van der Waals surface area contributed by atoms with E-state index >= 15 is 0 Å². The van der Waals surface area contributed by atoms with Gasteiger partial charge in [-0.05, 0) is 38.8 Å². The van der Waals surface area contributed by atoms with Crippen LogP contribution < -0.4 is 0 Å². The van der Waals surface area contributed by atoms with Crippen molar-refractivity contribution < 1.29 is 18.5 Å². The first kappa shape index (κ1) is 33.1. The smallest absolute Gasteiger partial charge is 0.303 e. The van der Waals surface area contributed by atoms with Gasteiger partial charge in [0.15, 0.2) is 0 Å². The molecule has 33 heavy (non-hydrogen) atoms. The zero-order chi connectivity index (χ0) is 24.5. The predicted octanol–water partition coefficient (Wildman–Crippen LogP) is 8.89. The second kappa shape index (κ2) is 25.2. The van der Waals surface area contributed by atoms with Gasteiger partial charge in [-0.3, -0.25) is 9.05 Å². The van der Waals surface area contributed by atoms with E-state index in [2.05, 4.69) is 25.7 Å². The van der Waals surface area contributed by atoms with E-state index in [1.54, 1.807) is 0 Å². The molecule has 0 aliphatic carbocycles. The SMILES string of the molecule is CCCCCCCCOP(=O)(O)OCCCN(CCCCCCCC)CCCCCCCC. The lowest BCUT2D eigenvalue weighted by molar-refractivity contribution is 0.139. The zero-order valence-electron chi connectivity index (χ0n) is 22.5. The van der Waals surface area contributed by atoms with E-state index in [9.17, 15) is 9.46 Å². The Morgan fingerprint density at radius 3 is 1.30 bits per heavy atom. The molecular formula is C27H58NO4P. The van der Waals surface area contributed by atoms with Crippen LogP contribution in [-0.2, 0) is 13.6 Å². The molecule has 1 N–H and O–H groups in total. The van der Waals surface area contributed by atoms with Crippen molar-refractivity contribution in [2.75, 3.05) is 32.8 Å². The minimum atomic E-state index is -3.91. The highest BCUT2D eigenvalue weighted by atomic mass is 31.2. The summed E-state index contributed by atoms with van der Waals surface area (Å²) in [6.07, 6.45) is 23.3. The van der Waals surface area contributed by atoms with Gasteiger partial charge in [-0.2, -0.15) is 0 Å². The molecule has 0 aliphatic rings. The van der Waals surface area contributed by atoms with Crippen LogP contribution in [0.4, 0.5) is 0 Å². The summed E-state index contributed by atoms with van der Waals surface area (Å²) in [5, 5.41) is 0. The first-order valence-electron chi connectivity index (χ1n) is 14.4. The monoisotopic (exact) mass is 491 g/mol. The van der Waals surface area contributed by atoms with Crippen LogP contribution in [0.15, 0.2) is 0 Å². The van der Waals surface area contributed by atoms with E-state index in [0.717, 1.165) is 38.9 Å². The second-order valence-electron chi connectivity index (χ2n) is 9.63. The minimum absolute atomic E-state index is 0.285. The summed E-state index contributed by atoms with van der Waals surface area (Å²) >= 11 is 0. The topological polar surface area (TPSA) is 59.0 Å². The van der Waals surface area contributed by atoms with Crippen molar-refractivity contribution in [3.8, 4) is 0 Å². The molecule has 0 saturated carbocycles. The number of unbranched alkanes of at least 4 members (excludes halogenated alkanes) is 15. The van der Waals surface area contributed by atoms with E-state index < -0.39 is 7.82 Å². The molecule has 0 spiro atoms. The van der Waals surface area contributed by atoms with Gasteiger partial charge < -0.3 is 9.79 Å². The van der Waals surface area contributed by atoms with Crippen LogP contribution in [-0.4, -0.2) is 42.6 Å². The maximum absolute atomic E-state index is 12.1. The standard InChI is InChI=1S/C27H58NO4P/c1-4-7-10-13-16-19-23-28(24-20-17-14-11-8-5-2)25-22-27-32-33(29,30)31-26-21-18-15-12-9-6-3/h4-27H2,1-3H3,(H,29,30). The van der Waals surface area contributed by atoms with Gasteiger partial charge in [0, 0.05) is 6.54 Å². The lowest BCUT2D eigenvalue weighted by Gasteiger charge is -2.22. The van der Waals surface area contributed by atoms with E-state index in [-0.39, 0.29) is 6.61 Å². The highest BCUT2D eigenvalue weighted by Gasteiger charge is 2.20. The summed E-state index contributed by atoms with van der Waals surface area (Å²) in [6, 6.07) is 0. The van der Waals surface area contributed by atoms with Crippen molar-refractivity contribution in [3.63, 3.8) is 0 Å². The van der Waals surface area contributed by atoms with Crippen molar-refractivity contribution >= 4 is 7.82 Å². The van der Waals surface area contributed by atoms with Crippen LogP contribution in [0.2, 0.25) is 0 Å². The first-order chi connectivity index (χ1) is 16.1. The molecule has 0 bridgehead atoms. The first-order valence-corrected chi connectivity index (χ1v) is 15.9. The average Bonchev–Trinajstić information content (AvgIpc) is 2.80. The third kappa shape index (κ3) is 25.0. The largest absolute Gasteiger partial charge is 0.472 e. The van der Waals surface area contributed by atoms with Crippen LogP contribution in [0.3, 0.4) is 0 Å². The maximum atomic E-state index is 12.1. The molecule has 0 aromatic heterocycles. The Morgan fingerprint density at radius 2 is 0.848 bits per heavy atom. The maximum Gasteiger partial charge on any atom is 0.472 e. The summed E-state index contributed by atoms with van der Waals surface area (Å²) in [5.41, 5.74) is 0. The fourth-order valence-electron chi connectivity index (χ4n) is 4.13. The number of hydrogen-bond acceptors (Lipinski definition) is 4. The lowest BCUT2D eigenvalue weighted by Crippen LogP contribution is -2.28. The number of phosphoric acid groups is 1. The van der Waals surface area contributed by atoms with Crippen molar-refractivity contribution in [1.82, 2.24) is 4.90 Å². The molecule has 0 aromatic rings. The summed E-state index contributed by atoms with van der Waals surface area (Å²) in [5.74, 6) is 0.